The molecule has 0 spiro atoms. The van der Waals surface area contributed by atoms with Gasteiger partial charge in [-0.1, -0.05) is 30.3 Å². The normalized spacial score (nSPS) is 21.9. The fourth-order valence-corrected chi connectivity index (χ4v) is 2.48. The molecule has 2 atom stereocenters. The Kier molecular flexibility index (Phi) is 5.42. The van der Waals surface area contributed by atoms with Crippen LogP contribution in [-0.4, -0.2) is 47.0 Å². The molecule has 0 saturated carbocycles. The van der Waals surface area contributed by atoms with Crippen molar-refractivity contribution in [1.82, 2.24) is 4.90 Å². The van der Waals surface area contributed by atoms with Crippen molar-refractivity contribution in [2.45, 2.75) is 51.5 Å². The highest BCUT2D eigenvalue weighted by atomic mass is 16.6. The van der Waals surface area contributed by atoms with Gasteiger partial charge in [-0.2, -0.15) is 0 Å². The van der Waals surface area contributed by atoms with E-state index in [1.165, 1.54) is 0 Å². The number of nitrogens with zero attached hydrogens (tertiary/aromatic N) is 1. The van der Waals surface area contributed by atoms with Crippen molar-refractivity contribution >= 4 is 6.09 Å². The fraction of sp³-hybridized carbons (Fsp3) is 0.588. The molecule has 0 aromatic heterocycles. The molecule has 122 valence electrons. The van der Waals surface area contributed by atoms with Crippen molar-refractivity contribution in [2.75, 3.05) is 13.2 Å². The summed E-state index contributed by atoms with van der Waals surface area (Å²) in [6.07, 6.45) is -0.385. The van der Waals surface area contributed by atoms with Crippen LogP contribution in [0.4, 0.5) is 4.79 Å². The molecule has 1 fully saturated rings. The van der Waals surface area contributed by atoms with Crippen LogP contribution in [0.3, 0.4) is 0 Å². The molecule has 1 N–H and O–H groups in total. The van der Waals surface area contributed by atoms with E-state index in [0.717, 1.165) is 5.56 Å². The number of aliphatic hydroxyl groups excluding tert-OH is 1. The van der Waals surface area contributed by atoms with Crippen LogP contribution >= 0.6 is 0 Å². The van der Waals surface area contributed by atoms with Crippen LogP contribution in [0.2, 0.25) is 0 Å². The zero-order valence-corrected chi connectivity index (χ0v) is 13.5. The van der Waals surface area contributed by atoms with E-state index in [2.05, 4.69) is 0 Å². The summed E-state index contributed by atoms with van der Waals surface area (Å²) in [5.74, 6) is 0. The van der Waals surface area contributed by atoms with Crippen molar-refractivity contribution in [3.8, 4) is 0 Å². The number of β-amino-alcohol motifs (C(OH)–C–C–N with tert-alkyl or cyclic N) is 1. The number of hydrogen-bond acceptors (Lipinski definition) is 4. The number of carbonyl (C=O) groups is 1. The van der Waals surface area contributed by atoms with E-state index in [9.17, 15) is 9.90 Å². The highest BCUT2D eigenvalue weighted by molar-refractivity contribution is 5.69. The van der Waals surface area contributed by atoms with Gasteiger partial charge in [0.05, 0.1) is 31.9 Å². The molecule has 1 amide bonds. The summed E-state index contributed by atoms with van der Waals surface area (Å²) in [7, 11) is 0. The maximum atomic E-state index is 12.2. The van der Waals surface area contributed by atoms with Crippen LogP contribution < -0.4 is 0 Å². The highest BCUT2D eigenvalue weighted by Gasteiger charge is 2.36. The number of carbonyl (C=O) groups excluding carboxylic acids is 1. The Bertz CT molecular complexity index is 483. The predicted octanol–water partition coefficient (Wildman–Crippen LogP) is 2.57. The van der Waals surface area contributed by atoms with Gasteiger partial charge in [0.15, 0.2) is 0 Å². The minimum absolute atomic E-state index is 0.145. The Morgan fingerprint density at radius 2 is 2.00 bits per heavy atom. The number of amides is 1. The van der Waals surface area contributed by atoms with Crippen molar-refractivity contribution in [3.05, 3.63) is 35.9 Å². The molecule has 0 bridgehead atoms. The van der Waals surface area contributed by atoms with E-state index in [4.69, 9.17) is 9.47 Å². The van der Waals surface area contributed by atoms with Gasteiger partial charge in [0.2, 0.25) is 0 Å². The number of rotatable bonds is 4. The fourth-order valence-electron chi connectivity index (χ4n) is 2.48. The third kappa shape index (κ3) is 5.00. The molecule has 1 aliphatic heterocycles. The van der Waals surface area contributed by atoms with Crippen LogP contribution in [0, 0.1) is 0 Å². The molecule has 1 heterocycles. The lowest BCUT2D eigenvalue weighted by molar-refractivity contribution is 0.00815. The van der Waals surface area contributed by atoms with Crippen LogP contribution in [0.1, 0.15) is 32.8 Å². The summed E-state index contributed by atoms with van der Waals surface area (Å²) in [6, 6.07) is 9.73. The van der Waals surface area contributed by atoms with E-state index in [-0.39, 0.29) is 6.04 Å². The molecule has 0 unspecified atom stereocenters. The lowest BCUT2D eigenvalue weighted by atomic mass is 10.2. The summed E-state index contributed by atoms with van der Waals surface area (Å²) in [6.45, 7) is 6.68. The minimum atomic E-state index is -0.542. The Hall–Kier alpha value is -1.59. The molecular weight excluding hydrogens is 282 g/mol. The molecule has 1 aromatic rings. The minimum Gasteiger partial charge on any atom is -0.444 e. The second-order valence-electron chi connectivity index (χ2n) is 6.68. The lowest BCUT2D eigenvalue weighted by Crippen LogP contribution is -2.42. The molecule has 5 heteroatoms. The highest BCUT2D eigenvalue weighted by Crippen LogP contribution is 2.22. The Labute approximate surface area is 131 Å². The number of aliphatic hydroxyl groups is 1. The molecule has 1 saturated heterocycles. The van der Waals surface area contributed by atoms with Gasteiger partial charge < -0.3 is 19.5 Å². The van der Waals surface area contributed by atoms with Gasteiger partial charge in [0.25, 0.3) is 0 Å². The third-order valence-corrected chi connectivity index (χ3v) is 3.44. The molecule has 1 aliphatic rings. The summed E-state index contributed by atoms with van der Waals surface area (Å²) < 4.78 is 11.1. The lowest BCUT2D eigenvalue weighted by Gasteiger charge is -2.28. The van der Waals surface area contributed by atoms with Crippen LogP contribution in [0.25, 0.3) is 0 Å². The molecule has 1 aromatic carbocycles. The molecule has 0 radical (unpaired) electrons. The topological polar surface area (TPSA) is 59.0 Å². The van der Waals surface area contributed by atoms with Gasteiger partial charge >= 0.3 is 6.09 Å². The first kappa shape index (κ1) is 16.8. The Morgan fingerprint density at radius 1 is 1.32 bits per heavy atom. The number of likely N-dealkylation sites (tertiary alicyclic amines) is 1. The van der Waals surface area contributed by atoms with Crippen molar-refractivity contribution in [2.24, 2.45) is 0 Å². The summed E-state index contributed by atoms with van der Waals surface area (Å²) in [4.78, 5) is 13.8. The van der Waals surface area contributed by atoms with Crippen LogP contribution in [0.5, 0.6) is 0 Å². The number of ether oxygens (including phenoxy) is 2. The first-order valence-corrected chi connectivity index (χ1v) is 7.64. The van der Waals surface area contributed by atoms with Gasteiger partial charge in [-0.15, -0.1) is 0 Å². The van der Waals surface area contributed by atoms with Crippen LogP contribution in [-0.2, 0) is 16.1 Å². The number of hydrogen-bond donors (Lipinski definition) is 1. The van der Waals surface area contributed by atoms with Gasteiger partial charge in [-0.3, -0.25) is 0 Å². The summed E-state index contributed by atoms with van der Waals surface area (Å²) in [5, 5.41) is 9.83. The molecule has 22 heavy (non-hydrogen) atoms. The van der Waals surface area contributed by atoms with E-state index < -0.39 is 17.8 Å². The van der Waals surface area contributed by atoms with Crippen molar-refractivity contribution < 1.29 is 19.4 Å². The zero-order valence-electron chi connectivity index (χ0n) is 13.5. The average molecular weight is 307 g/mol. The SMILES string of the molecule is CC(C)(C)OC(=O)N1C[C@@H](O)C[C@@H]1COCc1ccccc1. The van der Waals surface area contributed by atoms with E-state index in [0.29, 0.717) is 26.2 Å². The van der Waals surface area contributed by atoms with E-state index >= 15 is 0 Å². The van der Waals surface area contributed by atoms with Gasteiger partial charge in [-0.25, -0.2) is 4.79 Å². The monoisotopic (exact) mass is 307 g/mol. The van der Waals surface area contributed by atoms with E-state index in [1.54, 1.807) is 4.90 Å². The molecule has 2 rings (SSSR count). The first-order valence-electron chi connectivity index (χ1n) is 7.64. The van der Waals surface area contributed by atoms with E-state index in [1.807, 2.05) is 51.1 Å². The average Bonchev–Trinajstić information content (AvgIpc) is 2.79. The maximum absolute atomic E-state index is 12.2. The quantitative estimate of drug-likeness (QED) is 0.929. The molecule has 0 aliphatic carbocycles. The van der Waals surface area contributed by atoms with Crippen molar-refractivity contribution in [3.63, 3.8) is 0 Å². The summed E-state index contributed by atoms with van der Waals surface area (Å²) >= 11 is 0. The Morgan fingerprint density at radius 3 is 2.64 bits per heavy atom. The molecule has 5 nitrogen and oxygen atoms in total. The third-order valence-electron chi connectivity index (χ3n) is 3.44. The maximum Gasteiger partial charge on any atom is 0.410 e. The van der Waals surface area contributed by atoms with Crippen LogP contribution in [0.15, 0.2) is 30.3 Å². The second-order valence-corrected chi connectivity index (χ2v) is 6.68. The number of benzene rings is 1. The first-order chi connectivity index (χ1) is 10.3. The zero-order chi connectivity index (χ0) is 16.2. The Balaban J connectivity index is 1.86. The summed E-state index contributed by atoms with van der Waals surface area (Å²) in [5.41, 5.74) is 0.546. The smallest absolute Gasteiger partial charge is 0.410 e. The molecular formula is C17H25NO4. The largest absolute Gasteiger partial charge is 0.444 e. The van der Waals surface area contributed by atoms with Gasteiger partial charge in [0, 0.05) is 0 Å². The standard InChI is InChI=1S/C17H25NO4/c1-17(2,3)22-16(20)18-10-15(19)9-14(18)12-21-11-13-7-5-4-6-8-13/h4-8,14-15,19H,9-12H2,1-3H3/t14-,15+/m1/s1. The van der Waals surface area contributed by atoms with Gasteiger partial charge in [-0.05, 0) is 32.8 Å². The predicted molar refractivity (Wildman–Crippen MR) is 83.4 cm³/mol. The van der Waals surface area contributed by atoms with Gasteiger partial charge in [0.1, 0.15) is 5.60 Å². The second kappa shape index (κ2) is 7.11. The van der Waals surface area contributed by atoms with Crippen molar-refractivity contribution in [1.29, 1.82) is 0 Å².